The molecule has 1 aliphatic rings. The Balaban J connectivity index is 1.86. The number of benzene rings is 2. The van der Waals surface area contributed by atoms with E-state index in [0.29, 0.717) is 5.92 Å². The number of aromatic nitrogens is 1. The van der Waals surface area contributed by atoms with E-state index in [-0.39, 0.29) is 0 Å². The Bertz CT molecular complexity index is 760. The number of fused-ring (bicyclic) bond motifs is 2. The summed E-state index contributed by atoms with van der Waals surface area (Å²) < 4.78 is 1.29. The zero-order chi connectivity index (χ0) is 12.8. The van der Waals surface area contributed by atoms with Crippen molar-refractivity contribution in [1.82, 2.24) is 4.98 Å². The smallest absolute Gasteiger partial charge is 0.103 e. The number of anilines is 1. The molecule has 3 heteroatoms. The van der Waals surface area contributed by atoms with Gasteiger partial charge in [-0.25, -0.2) is 4.98 Å². The number of para-hydroxylation sites is 2. The van der Waals surface area contributed by atoms with E-state index in [1.54, 1.807) is 0 Å². The van der Waals surface area contributed by atoms with Gasteiger partial charge in [0.05, 0.1) is 16.1 Å². The molecule has 0 aliphatic carbocycles. The van der Waals surface area contributed by atoms with Crippen molar-refractivity contribution in [3.05, 3.63) is 58.6 Å². The molecule has 0 fully saturated rings. The summed E-state index contributed by atoms with van der Waals surface area (Å²) in [7, 11) is 0. The topological polar surface area (TPSA) is 24.9 Å². The zero-order valence-electron chi connectivity index (χ0n) is 10.7. The molecule has 1 aromatic heterocycles. The molecule has 0 amide bonds. The molecule has 0 saturated carbocycles. The van der Waals surface area contributed by atoms with Crippen LogP contribution in [0, 0.1) is 6.92 Å². The largest absolute Gasteiger partial charge is 0.384 e. The Morgan fingerprint density at radius 2 is 2.05 bits per heavy atom. The lowest BCUT2D eigenvalue weighted by Gasteiger charge is -2.05. The lowest BCUT2D eigenvalue weighted by Crippen LogP contribution is -2.02. The van der Waals surface area contributed by atoms with Gasteiger partial charge in [0.15, 0.2) is 0 Å². The van der Waals surface area contributed by atoms with E-state index in [2.05, 4.69) is 54.7 Å². The summed E-state index contributed by atoms with van der Waals surface area (Å²) in [4.78, 5) is 4.87. The molecule has 1 atom stereocenters. The van der Waals surface area contributed by atoms with Crippen LogP contribution in [0.25, 0.3) is 10.2 Å². The fraction of sp³-hybridized carbons (Fsp3) is 0.188. The first-order chi connectivity index (χ1) is 9.33. The second-order valence-corrected chi connectivity index (χ2v) is 6.06. The van der Waals surface area contributed by atoms with Crippen molar-refractivity contribution in [2.45, 2.75) is 12.8 Å². The molecule has 1 unspecified atom stereocenters. The van der Waals surface area contributed by atoms with Crippen LogP contribution < -0.4 is 5.32 Å². The van der Waals surface area contributed by atoms with E-state index in [1.807, 2.05) is 11.3 Å². The van der Waals surface area contributed by atoms with E-state index in [4.69, 9.17) is 4.98 Å². The molecule has 19 heavy (non-hydrogen) atoms. The highest BCUT2D eigenvalue weighted by atomic mass is 32.1. The Kier molecular flexibility index (Phi) is 2.35. The highest BCUT2D eigenvalue weighted by Crippen LogP contribution is 2.39. The maximum Gasteiger partial charge on any atom is 0.103 e. The van der Waals surface area contributed by atoms with Crippen molar-refractivity contribution >= 4 is 27.2 Å². The number of hydrogen-bond donors (Lipinski definition) is 1. The van der Waals surface area contributed by atoms with Crippen LogP contribution in [0.15, 0.2) is 42.5 Å². The van der Waals surface area contributed by atoms with Crippen molar-refractivity contribution in [2.24, 2.45) is 0 Å². The minimum atomic E-state index is 0.396. The Labute approximate surface area is 116 Å². The number of aryl methyl sites for hydroxylation is 1. The van der Waals surface area contributed by atoms with Crippen molar-refractivity contribution < 1.29 is 0 Å². The summed E-state index contributed by atoms with van der Waals surface area (Å²) >= 11 is 1.82. The van der Waals surface area contributed by atoms with Crippen LogP contribution in [0.2, 0.25) is 0 Å². The summed E-state index contributed by atoms with van der Waals surface area (Å²) in [5, 5.41) is 4.70. The monoisotopic (exact) mass is 266 g/mol. The molecule has 0 bridgehead atoms. The van der Waals surface area contributed by atoms with E-state index < -0.39 is 0 Å². The highest BCUT2D eigenvalue weighted by molar-refractivity contribution is 7.18. The van der Waals surface area contributed by atoms with Crippen LogP contribution in [0.1, 0.15) is 22.1 Å². The van der Waals surface area contributed by atoms with Gasteiger partial charge in [0, 0.05) is 12.2 Å². The molecule has 1 N–H and O–H groups in total. The second kappa shape index (κ2) is 4.07. The molecule has 2 nitrogen and oxygen atoms in total. The van der Waals surface area contributed by atoms with Crippen molar-refractivity contribution in [3.63, 3.8) is 0 Å². The average molecular weight is 266 g/mol. The first-order valence-corrected chi connectivity index (χ1v) is 7.33. The first-order valence-electron chi connectivity index (χ1n) is 6.52. The molecule has 94 valence electrons. The molecular formula is C16H14N2S. The molecule has 0 radical (unpaired) electrons. The van der Waals surface area contributed by atoms with E-state index in [9.17, 15) is 0 Å². The van der Waals surface area contributed by atoms with Crippen molar-refractivity contribution in [2.75, 3.05) is 11.9 Å². The quantitative estimate of drug-likeness (QED) is 0.715. The Morgan fingerprint density at radius 1 is 1.16 bits per heavy atom. The molecule has 1 aliphatic heterocycles. The Morgan fingerprint density at radius 3 is 2.95 bits per heavy atom. The van der Waals surface area contributed by atoms with Gasteiger partial charge in [0.1, 0.15) is 5.01 Å². The molecule has 0 saturated heterocycles. The third-order valence-corrected chi connectivity index (χ3v) is 4.90. The number of rotatable bonds is 1. The normalized spacial score (nSPS) is 17.4. The summed E-state index contributed by atoms with van der Waals surface area (Å²) in [5.74, 6) is 0.396. The molecule has 4 rings (SSSR count). The number of nitrogens with zero attached hydrogens (tertiary/aromatic N) is 1. The van der Waals surface area contributed by atoms with Crippen LogP contribution in [-0.4, -0.2) is 11.5 Å². The summed E-state index contributed by atoms with van der Waals surface area (Å²) in [6, 6.07) is 15.0. The third-order valence-electron chi connectivity index (χ3n) is 3.77. The lowest BCUT2D eigenvalue weighted by molar-refractivity contribution is 0.896. The van der Waals surface area contributed by atoms with Gasteiger partial charge in [-0.3, -0.25) is 0 Å². The number of hydrogen-bond acceptors (Lipinski definition) is 3. The van der Waals surface area contributed by atoms with Crippen LogP contribution in [0.5, 0.6) is 0 Å². The van der Waals surface area contributed by atoms with Gasteiger partial charge in [0.25, 0.3) is 0 Å². The predicted molar refractivity (Wildman–Crippen MR) is 81.1 cm³/mol. The molecule has 2 aromatic carbocycles. The van der Waals surface area contributed by atoms with E-state index in [1.165, 1.54) is 26.5 Å². The minimum Gasteiger partial charge on any atom is -0.384 e. The maximum atomic E-state index is 4.87. The standard InChI is InChI=1S/C16H14N2S/c1-10-5-4-8-14-15(10)18-16(19-14)12-9-17-13-7-3-2-6-11(12)13/h2-8,12,17H,9H2,1H3. The number of thiazole rings is 1. The Hall–Kier alpha value is -1.87. The van der Waals surface area contributed by atoms with Gasteiger partial charge in [0.2, 0.25) is 0 Å². The molecule has 2 heterocycles. The minimum absolute atomic E-state index is 0.396. The van der Waals surface area contributed by atoms with Crippen molar-refractivity contribution in [1.29, 1.82) is 0 Å². The fourth-order valence-electron chi connectivity index (χ4n) is 2.76. The molecular weight excluding hydrogens is 252 g/mol. The lowest BCUT2D eigenvalue weighted by atomic mass is 10.0. The summed E-state index contributed by atoms with van der Waals surface area (Å²) in [5.41, 5.74) is 5.05. The average Bonchev–Trinajstić information content (AvgIpc) is 3.02. The molecule has 0 spiro atoms. The van der Waals surface area contributed by atoms with Crippen LogP contribution in [-0.2, 0) is 0 Å². The SMILES string of the molecule is Cc1cccc2sc(C3CNc4ccccc43)nc12. The van der Waals surface area contributed by atoms with Crippen LogP contribution in [0.4, 0.5) is 5.69 Å². The van der Waals surface area contributed by atoms with E-state index in [0.717, 1.165) is 12.1 Å². The zero-order valence-corrected chi connectivity index (χ0v) is 11.5. The molecule has 3 aromatic rings. The van der Waals surface area contributed by atoms with Gasteiger partial charge in [-0.1, -0.05) is 30.3 Å². The van der Waals surface area contributed by atoms with Crippen LogP contribution in [0.3, 0.4) is 0 Å². The summed E-state index contributed by atoms with van der Waals surface area (Å²) in [6.45, 7) is 3.09. The van der Waals surface area contributed by atoms with Gasteiger partial charge in [-0.2, -0.15) is 0 Å². The highest BCUT2D eigenvalue weighted by Gasteiger charge is 2.26. The van der Waals surface area contributed by atoms with Gasteiger partial charge in [-0.05, 0) is 30.2 Å². The fourth-order valence-corrected chi connectivity index (χ4v) is 3.92. The first kappa shape index (κ1) is 11.0. The predicted octanol–water partition coefficient (Wildman–Crippen LogP) is 4.16. The van der Waals surface area contributed by atoms with Gasteiger partial charge in [-0.15, -0.1) is 11.3 Å². The van der Waals surface area contributed by atoms with Crippen molar-refractivity contribution in [3.8, 4) is 0 Å². The summed E-state index contributed by atoms with van der Waals surface area (Å²) in [6.07, 6.45) is 0. The third kappa shape index (κ3) is 1.65. The maximum absolute atomic E-state index is 4.87. The van der Waals surface area contributed by atoms with Crippen LogP contribution >= 0.6 is 11.3 Å². The van der Waals surface area contributed by atoms with E-state index >= 15 is 0 Å². The second-order valence-electron chi connectivity index (χ2n) is 4.99. The van der Waals surface area contributed by atoms with Gasteiger partial charge < -0.3 is 5.32 Å². The van der Waals surface area contributed by atoms with Gasteiger partial charge >= 0.3 is 0 Å². The number of nitrogens with one attached hydrogen (secondary N) is 1.